The lowest BCUT2D eigenvalue weighted by molar-refractivity contribution is 0.459. The number of aryl methyl sites for hydroxylation is 1. The third-order valence-electron chi connectivity index (χ3n) is 5.20. The Labute approximate surface area is 190 Å². The molecule has 7 heteroatoms. The number of halogens is 1. The van der Waals surface area contributed by atoms with Gasteiger partial charge in [-0.1, -0.05) is 35.5 Å². The zero-order valence-electron chi connectivity index (χ0n) is 18.6. The van der Waals surface area contributed by atoms with E-state index >= 15 is 4.39 Å². The molecule has 32 heavy (non-hydrogen) atoms. The quantitative estimate of drug-likeness (QED) is 0.382. The average molecular weight is 452 g/mol. The number of aromatic nitrogens is 2. The molecule has 1 N–H and O–H groups in total. The molecular formula is C25H26FN3O2S. The summed E-state index contributed by atoms with van der Waals surface area (Å²) in [6.45, 7) is 7.55. The van der Waals surface area contributed by atoms with Crippen LogP contribution in [-0.4, -0.2) is 19.4 Å². The van der Waals surface area contributed by atoms with Crippen LogP contribution in [0.15, 0.2) is 65.2 Å². The number of rotatable bonds is 6. The second kappa shape index (κ2) is 9.02. The number of fused-ring (bicyclic) bond motifs is 1. The van der Waals surface area contributed by atoms with Crippen LogP contribution in [-0.2, 0) is 17.8 Å². The summed E-state index contributed by atoms with van der Waals surface area (Å²) >= 11 is -1.43. The highest BCUT2D eigenvalue weighted by Crippen LogP contribution is 2.36. The average Bonchev–Trinajstić information content (AvgIpc) is 3.16. The van der Waals surface area contributed by atoms with Crippen molar-refractivity contribution >= 4 is 22.3 Å². The fourth-order valence-electron chi connectivity index (χ4n) is 3.61. The maximum atomic E-state index is 15.4. The van der Waals surface area contributed by atoms with Crippen molar-refractivity contribution in [1.29, 1.82) is 0 Å². The maximum absolute atomic E-state index is 15.4. The smallest absolute Gasteiger partial charge is 0.167 e. The third-order valence-corrected chi connectivity index (χ3v) is 6.81. The molecule has 2 aromatic carbocycles. The molecule has 0 radical (unpaired) electrons. The lowest BCUT2D eigenvalue weighted by Gasteiger charge is -2.29. The van der Waals surface area contributed by atoms with Crippen LogP contribution in [0.1, 0.15) is 43.8 Å². The van der Waals surface area contributed by atoms with E-state index in [-0.39, 0.29) is 0 Å². The summed E-state index contributed by atoms with van der Waals surface area (Å²) in [7, 11) is 0. The Morgan fingerprint density at radius 1 is 1.06 bits per heavy atom. The summed E-state index contributed by atoms with van der Waals surface area (Å²) in [6, 6.07) is 17.5. The number of nitrogens with zero attached hydrogens (tertiary/aromatic N) is 2. The first kappa shape index (κ1) is 22.5. The molecule has 0 aliphatic heterocycles. The molecule has 0 aliphatic rings. The van der Waals surface area contributed by atoms with Crippen molar-refractivity contribution < 1.29 is 13.5 Å². The number of hydrogen-bond acceptors (Lipinski definition) is 5. The molecule has 5 nitrogen and oxygen atoms in total. The van der Waals surface area contributed by atoms with Gasteiger partial charge in [-0.25, -0.2) is 4.39 Å². The number of pyridine rings is 1. The molecule has 2 heterocycles. The lowest BCUT2D eigenvalue weighted by atomic mass is 9.93. The van der Waals surface area contributed by atoms with Crippen LogP contribution in [0.25, 0.3) is 22.2 Å². The van der Waals surface area contributed by atoms with Crippen molar-refractivity contribution in [2.45, 2.75) is 44.9 Å². The Morgan fingerprint density at radius 2 is 1.81 bits per heavy atom. The molecule has 0 aliphatic carbocycles. The van der Waals surface area contributed by atoms with Crippen molar-refractivity contribution in [3.05, 3.63) is 83.4 Å². The van der Waals surface area contributed by atoms with E-state index in [0.717, 1.165) is 16.8 Å². The molecular weight excluding hydrogens is 425 g/mol. The SMILES string of the molecule is Cc1cccc(CC(N[S@@+]([O-])C(C)(C)C)c2c(F)cccc2-c2noc3ccccc23)n1. The predicted octanol–water partition coefficient (Wildman–Crippen LogP) is 5.67. The van der Waals surface area contributed by atoms with Crippen LogP contribution in [0.5, 0.6) is 0 Å². The standard InChI is InChI=1S/C25H26FN3O2S/c1-16-9-7-10-17(27-16)15-21(29-32(30)25(2,3)4)23-19(12-8-13-20(23)26)24-18-11-5-6-14-22(18)31-28-24/h5-14,21,29H,15H2,1-4H3/t21?,32-/m0/s1. The van der Waals surface area contributed by atoms with Gasteiger partial charge in [0, 0.05) is 45.7 Å². The molecule has 0 amide bonds. The van der Waals surface area contributed by atoms with Gasteiger partial charge in [0.25, 0.3) is 0 Å². The molecule has 4 rings (SSSR count). The van der Waals surface area contributed by atoms with Crippen LogP contribution in [0.3, 0.4) is 0 Å². The second-order valence-electron chi connectivity index (χ2n) is 8.75. The van der Waals surface area contributed by atoms with Crippen molar-refractivity contribution in [3.8, 4) is 11.3 Å². The van der Waals surface area contributed by atoms with Crippen molar-refractivity contribution in [1.82, 2.24) is 14.9 Å². The van der Waals surface area contributed by atoms with E-state index < -0.39 is 28.0 Å². The molecule has 4 aromatic rings. The summed E-state index contributed by atoms with van der Waals surface area (Å²) in [5.74, 6) is -0.398. The first-order chi connectivity index (χ1) is 15.2. The van der Waals surface area contributed by atoms with Crippen molar-refractivity contribution in [3.63, 3.8) is 0 Å². The van der Waals surface area contributed by atoms with E-state index in [2.05, 4.69) is 14.9 Å². The van der Waals surface area contributed by atoms with Gasteiger partial charge in [0.2, 0.25) is 0 Å². The Balaban J connectivity index is 1.85. The van der Waals surface area contributed by atoms with Crippen LogP contribution in [0.4, 0.5) is 4.39 Å². The van der Waals surface area contributed by atoms with Crippen LogP contribution in [0, 0.1) is 12.7 Å². The third kappa shape index (κ3) is 4.70. The fourth-order valence-corrected chi connectivity index (χ4v) is 4.42. The maximum Gasteiger partial charge on any atom is 0.167 e. The van der Waals surface area contributed by atoms with Gasteiger partial charge in [0.05, 0.1) is 6.04 Å². The predicted molar refractivity (Wildman–Crippen MR) is 126 cm³/mol. The minimum absolute atomic E-state index is 0.368. The van der Waals surface area contributed by atoms with E-state index in [1.807, 2.05) is 76.2 Å². The number of nitrogens with one attached hydrogen (secondary N) is 1. The minimum Gasteiger partial charge on any atom is -0.598 e. The topological polar surface area (TPSA) is 74.0 Å². The number of hydrogen-bond donors (Lipinski definition) is 1. The number of para-hydroxylation sites is 1. The Bertz CT molecular complexity index is 1240. The van der Waals surface area contributed by atoms with Crippen LogP contribution >= 0.6 is 0 Å². The summed E-state index contributed by atoms with van der Waals surface area (Å²) in [6.07, 6.45) is 0.368. The van der Waals surface area contributed by atoms with Gasteiger partial charge in [0.15, 0.2) is 5.58 Å². The Kier molecular flexibility index (Phi) is 6.33. The van der Waals surface area contributed by atoms with E-state index in [0.29, 0.717) is 28.8 Å². The van der Waals surface area contributed by atoms with Gasteiger partial charge >= 0.3 is 0 Å². The van der Waals surface area contributed by atoms with Gasteiger partial charge < -0.3 is 9.08 Å². The van der Waals surface area contributed by atoms with Gasteiger partial charge in [-0.2, -0.15) is 0 Å². The zero-order valence-corrected chi connectivity index (χ0v) is 19.4. The minimum atomic E-state index is -1.43. The van der Waals surface area contributed by atoms with E-state index in [9.17, 15) is 4.55 Å². The summed E-state index contributed by atoms with van der Waals surface area (Å²) in [4.78, 5) is 4.58. The highest BCUT2D eigenvalue weighted by atomic mass is 32.2. The highest BCUT2D eigenvalue weighted by Gasteiger charge is 2.33. The van der Waals surface area contributed by atoms with Gasteiger partial charge in [0.1, 0.15) is 16.3 Å². The molecule has 166 valence electrons. The molecule has 1 unspecified atom stereocenters. The van der Waals surface area contributed by atoms with E-state index in [1.165, 1.54) is 6.07 Å². The molecule has 0 fully saturated rings. The number of benzene rings is 2. The molecule has 2 aromatic heterocycles. The van der Waals surface area contributed by atoms with Crippen LogP contribution in [0.2, 0.25) is 0 Å². The van der Waals surface area contributed by atoms with Gasteiger partial charge in [-0.05, 0) is 58.0 Å². The summed E-state index contributed by atoms with van der Waals surface area (Å²) in [5.41, 5.74) is 3.84. The zero-order chi connectivity index (χ0) is 22.9. The highest BCUT2D eigenvalue weighted by molar-refractivity contribution is 7.90. The molecule has 0 saturated carbocycles. The second-order valence-corrected chi connectivity index (χ2v) is 10.8. The summed E-state index contributed by atoms with van der Waals surface area (Å²) in [5, 5.41) is 5.03. The monoisotopic (exact) mass is 451 g/mol. The van der Waals surface area contributed by atoms with Crippen LogP contribution < -0.4 is 4.72 Å². The largest absolute Gasteiger partial charge is 0.598 e. The van der Waals surface area contributed by atoms with Gasteiger partial charge in [-0.15, -0.1) is 4.72 Å². The van der Waals surface area contributed by atoms with Crippen molar-refractivity contribution in [2.24, 2.45) is 0 Å². The summed E-state index contributed by atoms with van der Waals surface area (Å²) < 4.78 is 36.6. The first-order valence-electron chi connectivity index (χ1n) is 10.5. The molecule has 2 atom stereocenters. The fraction of sp³-hybridized carbons (Fsp3) is 0.280. The van der Waals surface area contributed by atoms with Gasteiger partial charge in [-0.3, -0.25) is 4.98 Å². The Morgan fingerprint density at radius 3 is 2.56 bits per heavy atom. The normalized spacial score (nSPS) is 13.9. The Hall–Kier alpha value is -2.74. The van der Waals surface area contributed by atoms with E-state index in [1.54, 1.807) is 6.07 Å². The molecule has 0 saturated heterocycles. The van der Waals surface area contributed by atoms with Crippen molar-refractivity contribution in [2.75, 3.05) is 0 Å². The molecule has 0 bridgehead atoms. The molecule has 0 spiro atoms. The lowest BCUT2D eigenvalue weighted by Crippen LogP contribution is -2.42. The van der Waals surface area contributed by atoms with E-state index in [4.69, 9.17) is 4.52 Å². The first-order valence-corrected chi connectivity index (χ1v) is 11.6.